The van der Waals surface area contributed by atoms with E-state index in [0.717, 1.165) is 16.7 Å². The van der Waals surface area contributed by atoms with Crippen LogP contribution in [0.4, 0.5) is 0 Å². The van der Waals surface area contributed by atoms with Gasteiger partial charge in [0.25, 0.3) is 0 Å². The summed E-state index contributed by atoms with van der Waals surface area (Å²) in [4.78, 5) is 0.319. The summed E-state index contributed by atoms with van der Waals surface area (Å²) >= 11 is 0. The molecule has 0 aliphatic rings. The predicted octanol–water partition coefficient (Wildman–Crippen LogP) is 3.29. The molecule has 0 unspecified atom stereocenters. The maximum absolute atomic E-state index is 12.4. The van der Waals surface area contributed by atoms with E-state index >= 15 is 0 Å². The summed E-state index contributed by atoms with van der Waals surface area (Å²) in [5.74, 6) is 0.669. The smallest absolute Gasteiger partial charge is 0.182 e. The van der Waals surface area contributed by atoms with E-state index in [1.807, 2.05) is 32.0 Å². The molecule has 0 radical (unpaired) electrons. The van der Waals surface area contributed by atoms with Gasteiger partial charge >= 0.3 is 0 Å². The molecule has 0 aromatic heterocycles. The molecule has 4 heteroatoms. The topological polar surface area (TPSA) is 43.4 Å². The van der Waals surface area contributed by atoms with E-state index in [4.69, 9.17) is 4.74 Å². The van der Waals surface area contributed by atoms with E-state index in [1.165, 1.54) is 0 Å². The minimum atomic E-state index is -3.33. The van der Waals surface area contributed by atoms with E-state index in [0.29, 0.717) is 10.6 Å². The third-order valence-corrected chi connectivity index (χ3v) is 4.95. The lowest BCUT2D eigenvalue weighted by molar-refractivity contribution is 0.414. The SMILES string of the molecule is COc1ccc(S(=O)(=O)Cc2cc(C)ccc2C)cc1. The van der Waals surface area contributed by atoms with E-state index in [2.05, 4.69) is 0 Å². The Kier molecular flexibility index (Phi) is 4.14. The van der Waals surface area contributed by atoms with Gasteiger partial charge in [-0.15, -0.1) is 0 Å². The fraction of sp³-hybridized carbons (Fsp3) is 0.250. The van der Waals surface area contributed by atoms with Gasteiger partial charge in [0.2, 0.25) is 0 Å². The standard InChI is InChI=1S/C16H18O3S/c1-12-4-5-13(2)14(10-12)11-20(17,18)16-8-6-15(19-3)7-9-16/h4-10H,11H2,1-3H3. The molecular weight excluding hydrogens is 272 g/mol. The molecule has 0 aliphatic heterocycles. The summed E-state index contributed by atoms with van der Waals surface area (Å²) in [6.45, 7) is 3.89. The first kappa shape index (κ1) is 14.6. The lowest BCUT2D eigenvalue weighted by atomic mass is 10.1. The number of sulfone groups is 1. The first-order valence-corrected chi connectivity index (χ1v) is 8.00. The van der Waals surface area contributed by atoms with Crippen LogP contribution in [0.5, 0.6) is 5.75 Å². The molecule has 0 atom stereocenters. The van der Waals surface area contributed by atoms with Crippen LogP contribution < -0.4 is 4.74 Å². The summed E-state index contributed by atoms with van der Waals surface area (Å²) in [7, 11) is -1.78. The molecule has 2 rings (SSSR count). The molecule has 0 saturated heterocycles. The van der Waals surface area contributed by atoms with Gasteiger partial charge in [0.1, 0.15) is 5.75 Å². The molecule has 0 bridgehead atoms. The number of aryl methyl sites for hydroxylation is 2. The van der Waals surface area contributed by atoms with Crippen LogP contribution in [-0.2, 0) is 15.6 Å². The second-order valence-corrected chi connectivity index (χ2v) is 6.85. The lowest BCUT2D eigenvalue weighted by Gasteiger charge is -2.09. The fourth-order valence-corrected chi connectivity index (χ4v) is 3.46. The zero-order valence-corrected chi connectivity index (χ0v) is 12.7. The Bertz CT molecular complexity index is 701. The van der Waals surface area contributed by atoms with E-state index in [-0.39, 0.29) is 5.75 Å². The lowest BCUT2D eigenvalue weighted by Crippen LogP contribution is -2.06. The highest BCUT2D eigenvalue weighted by Crippen LogP contribution is 2.21. The Hall–Kier alpha value is -1.81. The summed E-state index contributed by atoms with van der Waals surface area (Å²) in [5, 5.41) is 0. The Morgan fingerprint density at radius 2 is 1.65 bits per heavy atom. The Morgan fingerprint density at radius 1 is 1.00 bits per heavy atom. The van der Waals surface area contributed by atoms with E-state index < -0.39 is 9.84 Å². The van der Waals surface area contributed by atoms with Crippen LogP contribution in [-0.4, -0.2) is 15.5 Å². The number of ether oxygens (including phenoxy) is 1. The summed E-state index contributed by atoms with van der Waals surface area (Å²) in [6.07, 6.45) is 0. The van der Waals surface area contributed by atoms with Crippen LogP contribution in [0.25, 0.3) is 0 Å². The Morgan fingerprint density at radius 3 is 2.25 bits per heavy atom. The van der Waals surface area contributed by atoms with Crippen molar-refractivity contribution in [2.24, 2.45) is 0 Å². The first-order valence-electron chi connectivity index (χ1n) is 6.35. The Balaban J connectivity index is 2.32. The van der Waals surface area contributed by atoms with Crippen molar-refractivity contribution in [2.45, 2.75) is 24.5 Å². The maximum atomic E-state index is 12.4. The molecule has 20 heavy (non-hydrogen) atoms. The molecule has 0 spiro atoms. The zero-order chi connectivity index (χ0) is 14.8. The van der Waals surface area contributed by atoms with Crippen molar-refractivity contribution in [1.29, 1.82) is 0 Å². The van der Waals surface area contributed by atoms with E-state index in [9.17, 15) is 8.42 Å². The number of benzene rings is 2. The molecule has 106 valence electrons. The molecule has 0 N–H and O–H groups in total. The average molecular weight is 290 g/mol. The highest BCUT2D eigenvalue weighted by molar-refractivity contribution is 7.90. The molecule has 0 fully saturated rings. The second-order valence-electron chi connectivity index (χ2n) is 4.86. The average Bonchev–Trinajstić information content (AvgIpc) is 2.43. The highest BCUT2D eigenvalue weighted by Gasteiger charge is 2.16. The summed E-state index contributed by atoms with van der Waals surface area (Å²) in [6, 6.07) is 12.4. The first-order chi connectivity index (χ1) is 9.42. The number of hydrogen-bond donors (Lipinski definition) is 0. The van der Waals surface area contributed by atoms with Crippen molar-refractivity contribution in [3.8, 4) is 5.75 Å². The maximum Gasteiger partial charge on any atom is 0.182 e. The van der Waals surface area contributed by atoms with Gasteiger partial charge in [0.15, 0.2) is 9.84 Å². The van der Waals surface area contributed by atoms with Gasteiger partial charge in [0, 0.05) is 0 Å². The molecule has 3 nitrogen and oxygen atoms in total. The van der Waals surface area contributed by atoms with E-state index in [1.54, 1.807) is 31.4 Å². The fourth-order valence-electron chi connectivity index (χ4n) is 2.03. The van der Waals surface area contributed by atoms with Gasteiger partial charge in [-0.1, -0.05) is 23.8 Å². The van der Waals surface area contributed by atoms with Crippen LogP contribution >= 0.6 is 0 Å². The van der Waals surface area contributed by atoms with Gasteiger partial charge in [0.05, 0.1) is 17.8 Å². The van der Waals surface area contributed by atoms with Gasteiger partial charge in [-0.2, -0.15) is 0 Å². The van der Waals surface area contributed by atoms with Gasteiger partial charge < -0.3 is 4.74 Å². The quantitative estimate of drug-likeness (QED) is 0.868. The van der Waals surface area contributed by atoms with Crippen molar-refractivity contribution < 1.29 is 13.2 Å². The van der Waals surface area contributed by atoms with Gasteiger partial charge in [-0.05, 0) is 49.2 Å². The monoisotopic (exact) mass is 290 g/mol. The van der Waals surface area contributed by atoms with Gasteiger partial charge in [-0.25, -0.2) is 8.42 Å². The minimum absolute atomic E-state index is 0.0207. The van der Waals surface area contributed by atoms with Crippen molar-refractivity contribution >= 4 is 9.84 Å². The third-order valence-electron chi connectivity index (χ3n) is 3.27. The van der Waals surface area contributed by atoms with Crippen LogP contribution in [0.3, 0.4) is 0 Å². The van der Waals surface area contributed by atoms with Crippen molar-refractivity contribution in [3.05, 3.63) is 59.2 Å². The molecule has 2 aromatic rings. The largest absolute Gasteiger partial charge is 0.497 e. The molecule has 0 saturated carbocycles. The van der Waals surface area contributed by atoms with Crippen LogP contribution in [0.1, 0.15) is 16.7 Å². The van der Waals surface area contributed by atoms with Crippen molar-refractivity contribution in [1.82, 2.24) is 0 Å². The number of methoxy groups -OCH3 is 1. The predicted molar refractivity (Wildman–Crippen MR) is 79.8 cm³/mol. The third kappa shape index (κ3) is 3.20. The minimum Gasteiger partial charge on any atom is -0.497 e. The molecule has 0 heterocycles. The van der Waals surface area contributed by atoms with Crippen LogP contribution in [0.15, 0.2) is 47.4 Å². The van der Waals surface area contributed by atoms with Crippen LogP contribution in [0.2, 0.25) is 0 Å². The normalized spacial score (nSPS) is 11.3. The zero-order valence-electron chi connectivity index (χ0n) is 11.9. The number of hydrogen-bond acceptors (Lipinski definition) is 3. The molecule has 0 amide bonds. The second kappa shape index (κ2) is 5.67. The number of rotatable bonds is 4. The highest BCUT2D eigenvalue weighted by atomic mass is 32.2. The molecule has 0 aliphatic carbocycles. The van der Waals surface area contributed by atoms with Gasteiger partial charge in [-0.3, -0.25) is 0 Å². The summed E-state index contributed by atoms with van der Waals surface area (Å²) < 4.78 is 29.9. The molecular formula is C16H18O3S. The van der Waals surface area contributed by atoms with Crippen molar-refractivity contribution in [2.75, 3.05) is 7.11 Å². The summed E-state index contributed by atoms with van der Waals surface area (Å²) in [5.41, 5.74) is 2.91. The van der Waals surface area contributed by atoms with Crippen molar-refractivity contribution in [3.63, 3.8) is 0 Å². The van der Waals surface area contributed by atoms with Crippen LogP contribution in [0, 0.1) is 13.8 Å². The Labute approximate surface area is 120 Å². The molecule has 2 aromatic carbocycles.